The maximum Gasteiger partial charge on any atom is 0.177 e. The summed E-state index contributed by atoms with van der Waals surface area (Å²) in [7, 11) is 0. The van der Waals surface area contributed by atoms with E-state index in [1.165, 1.54) is 5.57 Å². The third-order valence-corrected chi connectivity index (χ3v) is 3.10. The minimum Gasteiger partial charge on any atom is -0.259 e. The molecule has 0 saturated carbocycles. The lowest BCUT2D eigenvalue weighted by atomic mass is 9.96. The Kier molecular flexibility index (Phi) is 2.81. The third-order valence-electron chi connectivity index (χ3n) is 3.10. The van der Waals surface area contributed by atoms with Crippen LogP contribution in [0.5, 0.6) is 0 Å². The smallest absolute Gasteiger partial charge is 0.177 e. The van der Waals surface area contributed by atoms with Crippen molar-refractivity contribution in [3.63, 3.8) is 0 Å². The summed E-state index contributed by atoms with van der Waals surface area (Å²) in [4.78, 5) is 4.57. The predicted molar refractivity (Wildman–Crippen MR) is 72.7 cm³/mol. The van der Waals surface area contributed by atoms with Crippen LogP contribution in [0.3, 0.4) is 0 Å². The molecule has 0 saturated heterocycles. The Morgan fingerprint density at radius 2 is 2.06 bits per heavy atom. The van der Waals surface area contributed by atoms with Gasteiger partial charge >= 0.3 is 0 Å². The van der Waals surface area contributed by atoms with Crippen LogP contribution >= 0.6 is 0 Å². The van der Waals surface area contributed by atoms with Gasteiger partial charge in [-0.15, -0.1) is 0 Å². The molecule has 2 aromatic rings. The number of nitrogens with zero attached hydrogens (tertiary/aromatic N) is 2. The van der Waals surface area contributed by atoms with Gasteiger partial charge in [-0.3, -0.25) is 5.10 Å². The summed E-state index contributed by atoms with van der Waals surface area (Å²) in [5, 5.41) is 7.32. The number of nitrogens with one attached hydrogen (secondary N) is 1. The van der Waals surface area contributed by atoms with Gasteiger partial charge in [0.15, 0.2) is 11.6 Å². The molecular weight excluding hydrogens is 222 g/mol. The van der Waals surface area contributed by atoms with E-state index >= 15 is 0 Å². The van der Waals surface area contributed by atoms with Crippen LogP contribution in [-0.2, 0) is 0 Å². The zero-order chi connectivity index (χ0) is 12.4. The van der Waals surface area contributed by atoms with Crippen molar-refractivity contribution in [3.8, 4) is 11.4 Å². The fourth-order valence-electron chi connectivity index (χ4n) is 2.14. The molecule has 0 fully saturated rings. The van der Waals surface area contributed by atoms with Gasteiger partial charge in [0.2, 0.25) is 0 Å². The molecule has 0 amide bonds. The van der Waals surface area contributed by atoms with E-state index in [0.717, 1.165) is 23.6 Å². The summed E-state index contributed by atoms with van der Waals surface area (Å²) < 4.78 is 0. The van der Waals surface area contributed by atoms with Crippen molar-refractivity contribution < 1.29 is 0 Å². The molecule has 3 rings (SSSR count). The lowest BCUT2D eigenvalue weighted by molar-refractivity contribution is 0.744. The highest BCUT2D eigenvalue weighted by atomic mass is 15.2. The molecule has 1 unspecified atom stereocenters. The normalized spacial score (nSPS) is 18.7. The third kappa shape index (κ3) is 2.12. The quantitative estimate of drug-likeness (QED) is 0.869. The number of rotatable bonds is 2. The van der Waals surface area contributed by atoms with Crippen molar-refractivity contribution in [2.24, 2.45) is 5.92 Å². The molecule has 0 radical (unpaired) electrons. The van der Waals surface area contributed by atoms with Gasteiger partial charge in [0.05, 0.1) is 0 Å². The second kappa shape index (κ2) is 4.61. The van der Waals surface area contributed by atoms with E-state index in [1.807, 2.05) is 30.3 Å². The van der Waals surface area contributed by atoms with Crippen molar-refractivity contribution in [2.45, 2.75) is 13.3 Å². The SMILES string of the molecule is CC1C=CC=C(c2n[nH]c(-c3ccccc3)n2)C1. The van der Waals surface area contributed by atoms with Crippen LogP contribution in [-0.4, -0.2) is 15.2 Å². The first-order valence-corrected chi connectivity index (χ1v) is 6.18. The topological polar surface area (TPSA) is 41.6 Å². The summed E-state index contributed by atoms with van der Waals surface area (Å²) in [5.41, 5.74) is 2.26. The molecule has 0 spiro atoms. The maximum absolute atomic E-state index is 4.57. The fraction of sp³-hybridized carbons (Fsp3) is 0.200. The van der Waals surface area contributed by atoms with Gasteiger partial charge in [-0.25, -0.2) is 4.98 Å². The van der Waals surface area contributed by atoms with Gasteiger partial charge in [-0.1, -0.05) is 55.5 Å². The molecule has 1 atom stereocenters. The van der Waals surface area contributed by atoms with Gasteiger partial charge in [-0.2, -0.15) is 5.10 Å². The molecule has 3 heteroatoms. The zero-order valence-electron chi connectivity index (χ0n) is 10.3. The van der Waals surface area contributed by atoms with Crippen molar-refractivity contribution >= 4 is 5.57 Å². The average molecular weight is 237 g/mol. The number of aromatic amines is 1. The van der Waals surface area contributed by atoms with E-state index in [1.54, 1.807) is 0 Å². The summed E-state index contributed by atoms with van der Waals surface area (Å²) in [5.74, 6) is 2.20. The van der Waals surface area contributed by atoms with Gasteiger partial charge in [0, 0.05) is 5.56 Å². The molecule has 90 valence electrons. The standard InChI is InChI=1S/C15H15N3/c1-11-6-5-9-13(10-11)15-16-14(17-18-15)12-7-3-2-4-8-12/h2-9,11H,10H2,1H3,(H,16,17,18). The van der Waals surface area contributed by atoms with E-state index in [0.29, 0.717) is 5.92 Å². The highest BCUT2D eigenvalue weighted by molar-refractivity contribution is 5.65. The molecule has 1 aromatic carbocycles. The summed E-state index contributed by atoms with van der Waals surface area (Å²) in [6.45, 7) is 2.20. The van der Waals surface area contributed by atoms with Crippen molar-refractivity contribution in [3.05, 3.63) is 54.4 Å². The number of benzene rings is 1. The van der Waals surface area contributed by atoms with E-state index in [4.69, 9.17) is 0 Å². The van der Waals surface area contributed by atoms with Crippen LogP contribution in [0.15, 0.2) is 48.6 Å². The summed E-state index contributed by atoms with van der Waals surface area (Å²) >= 11 is 0. The molecular formula is C15H15N3. The monoisotopic (exact) mass is 237 g/mol. The van der Waals surface area contributed by atoms with Crippen molar-refractivity contribution in [1.82, 2.24) is 15.2 Å². The van der Waals surface area contributed by atoms with E-state index in [9.17, 15) is 0 Å². The molecule has 1 N–H and O–H groups in total. The number of hydrogen-bond acceptors (Lipinski definition) is 2. The lowest BCUT2D eigenvalue weighted by Gasteiger charge is -2.11. The highest BCUT2D eigenvalue weighted by Crippen LogP contribution is 2.25. The second-order valence-corrected chi connectivity index (χ2v) is 4.63. The lowest BCUT2D eigenvalue weighted by Crippen LogP contribution is -1.98. The Balaban J connectivity index is 1.91. The number of H-pyrrole nitrogens is 1. The minimum atomic E-state index is 0.559. The molecule has 1 heterocycles. The molecule has 1 aromatic heterocycles. The molecule has 0 aliphatic heterocycles. The van der Waals surface area contributed by atoms with Crippen molar-refractivity contribution in [1.29, 1.82) is 0 Å². The van der Waals surface area contributed by atoms with E-state index in [2.05, 4.69) is 40.3 Å². The Bertz CT molecular complexity index is 593. The Hall–Kier alpha value is -2.16. The van der Waals surface area contributed by atoms with Gasteiger partial charge in [0.1, 0.15) is 0 Å². The Morgan fingerprint density at radius 1 is 1.22 bits per heavy atom. The van der Waals surface area contributed by atoms with Gasteiger partial charge < -0.3 is 0 Å². The minimum absolute atomic E-state index is 0.559. The largest absolute Gasteiger partial charge is 0.259 e. The first-order valence-electron chi connectivity index (χ1n) is 6.18. The average Bonchev–Trinajstić information content (AvgIpc) is 2.89. The number of allylic oxidation sites excluding steroid dienone is 4. The maximum atomic E-state index is 4.57. The molecule has 1 aliphatic carbocycles. The molecule has 3 nitrogen and oxygen atoms in total. The van der Waals surface area contributed by atoms with Crippen LogP contribution in [0.25, 0.3) is 17.0 Å². The van der Waals surface area contributed by atoms with Crippen LogP contribution in [0.2, 0.25) is 0 Å². The summed E-state index contributed by atoms with van der Waals surface area (Å²) in [6, 6.07) is 10.1. The number of aromatic nitrogens is 3. The summed E-state index contributed by atoms with van der Waals surface area (Å²) in [6.07, 6.45) is 7.39. The Morgan fingerprint density at radius 3 is 2.83 bits per heavy atom. The van der Waals surface area contributed by atoms with E-state index < -0.39 is 0 Å². The van der Waals surface area contributed by atoms with Crippen LogP contribution in [0.1, 0.15) is 19.2 Å². The predicted octanol–water partition coefficient (Wildman–Crippen LogP) is 3.45. The number of hydrogen-bond donors (Lipinski definition) is 1. The second-order valence-electron chi connectivity index (χ2n) is 4.63. The van der Waals surface area contributed by atoms with Crippen molar-refractivity contribution in [2.75, 3.05) is 0 Å². The zero-order valence-corrected chi connectivity index (χ0v) is 10.3. The van der Waals surface area contributed by atoms with Crippen LogP contribution in [0.4, 0.5) is 0 Å². The first kappa shape index (κ1) is 11.0. The highest BCUT2D eigenvalue weighted by Gasteiger charge is 2.13. The molecule has 1 aliphatic rings. The van der Waals surface area contributed by atoms with Gasteiger partial charge in [0.25, 0.3) is 0 Å². The van der Waals surface area contributed by atoms with Gasteiger partial charge in [-0.05, 0) is 17.9 Å². The van der Waals surface area contributed by atoms with Crippen LogP contribution < -0.4 is 0 Å². The first-order chi connectivity index (χ1) is 8.83. The molecule has 0 bridgehead atoms. The Labute approximate surface area is 106 Å². The van der Waals surface area contributed by atoms with E-state index in [-0.39, 0.29) is 0 Å². The van der Waals surface area contributed by atoms with Crippen LogP contribution in [0, 0.1) is 5.92 Å². The fourth-order valence-corrected chi connectivity index (χ4v) is 2.14. The molecule has 18 heavy (non-hydrogen) atoms.